The quantitative estimate of drug-likeness (QED) is 0.618. The molecule has 0 aliphatic rings. The maximum absolute atomic E-state index is 12.0. The van der Waals surface area contributed by atoms with E-state index in [0.717, 1.165) is 5.39 Å². The van der Waals surface area contributed by atoms with E-state index in [1.54, 1.807) is 30.3 Å². The Morgan fingerprint density at radius 3 is 2.32 bits per heavy atom. The summed E-state index contributed by atoms with van der Waals surface area (Å²) >= 11 is 0. The van der Waals surface area contributed by atoms with Crippen LogP contribution in [0.5, 0.6) is 5.75 Å². The fourth-order valence-electron chi connectivity index (χ4n) is 2.71. The highest BCUT2D eigenvalue weighted by Crippen LogP contribution is 2.39. The van der Waals surface area contributed by atoms with Crippen molar-refractivity contribution in [2.45, 2.75) is 19.3 Å². The molecule has 128 valence electrons. The van der Waals surface area contributed by atoms with Gasteiger partial charge in [-0.25, -0.2) is 4.79 Å². The molecule has 0 heterocycles. The Labute approximate surface area is 144 Å². The topological polar surface area (TPSA) is 87.0 Å². The predicted molar refractivity (Wildman–Crippen MR) is 94.4 cm³/mol. The van der Waals surface area contributed by atoms with Gasteiger partial charge >= 0.3 is 11.9 Å². The van der Waals surface area contributed by atoms with Crippen LogP contribution in [0, 0.1) is 0 Å². The molecule has 0 bridgehead atoms. The zero-order chi connectivity index (χ0) is 18.0. The van der Waals surface area contributed by atoms with Crippen LogP contribution in [0.3, 0.4) is 0 Å². The van der Waals surface area contributed by atoms with Gasteiger partial charge in [-0.3, -0.25) is 0 Å². The molecule has 3 N–H and O–H groups in total. The lowest BCUT2D eigenvalue weighted by Gasteiger charge is -2.24. The van der Waals surface area contributed by atoms with Crippen molar-refractivity contribution in [1.29, 1.82) is 0 Å². The third kappa shape index (κ3) is 3.33. The number of rotatable bonds is 5. The summed E-state index contributed by atoms with van der Waals surface area (Å²) in [4.78, 5) is 12.0. The number of aliphatic hydroxyl groups is 2. The smallest absolute Gasteiger partial charge is 0.340 e. The molecule has 0 amide bonds. The van der Waals surface area contributed by atoms with Crippen LogP contribution in [0.25, 0.3) is 21.9 Å². The molecule has 3 aromatic carbocycles. The van der Waals surface area contributed by atoms with E-state index in [1.165, 1.54) is 6.92 Å². The van der Waals surface area contributed by atoms with E-state index in [4.69, 9.17) is 4.74 Å². The highest BCUT2D eigenvalue weighted by Gasteiger charge is 2.29. The van der Waals surface area contributed by atoms with Crippen molar-refractivity contribution in [3.05, 3.63) is 66.2 Å². The van der Waals surface area contributed by atoms with Gasteiger partial charge in [-0.1, -0.05) is 61.5 Å². The molecule has 0 aliphatic carbocycles. The zero-order valence-electron chi connectivity index (χ0n) is 13.6. The number of carbonyl (C=O) groups is 1. The van der Waals surface area contributed by atoms with Gasteiger partial charge in [-0.2, -0.15) is 0 Å². The molecule has 25 heavy (non-hydrogen) atoms. The number of aromatic carboxylic acids is 1. The van der Waals surface area contributed by atoms with E-state index >= 15 is 0 Å². The van der Waals surface area contributed by atoms with Crippen molar-refractivity contribution < 1.29 is 24.9 Å². The zero-order valence-corrected chi connectivity index (χ0v) is 13.6. The second kappa shape index (κ2) is 6.55. The molecule has 0 aliphatic heterocycles. The lowest BCUT2D eigenvalue weighted by Crippen LogP contribution is -2.35. The summed E-state index contributed by atoms with van der Waals surface area (Å²) in [5.74, 6) is -3.72. The molecule has 0 fully saturated rings. The van der Waals surface area contributed by atoms with Gasteiger partial charge in [-0.05, 0) is 17.0 Å². The normalized spacial score (nSPS) is 11.5. The largest absolute Gasteiger partial charge is 0.478 e. The second-order valence-electron chi connectivity index (χ2n) is 5.72. The molecule has 0 aromatic heterocycles. The van der Waals surface area contributed by atoms with Crippen molar-refractivity contribution in [3.8, 4) is 16.9 Å². The van der Waals surface area contributed by atoms with Crippen molar-refractivity contribution >= 4 is 16.7 Å². The SMILES string of the molecule is CCC(O)(O)Oc1c(C(=O)O)c(-c2ccccc2)cc2ccccc12. The van der Waals surface area contributed by atoms with Crippen LogP contribution < -0.4 is 4.74 Å². The number of carboxylic acids is 1. The van der Waals surface area contributed by atoms with Gasteiger partial charge in [0.1, 0.15) is 11.3 Å². The van der Waals surface area contributed by atoms with Gasteiger partial charge in [0.05, 0.1) is 0 Å². The molecule has 3 aromatic rings. The Morgan fingerprint density at radius 1 is 1.04 bits per heavy atom. The fraction of sp³-hybridized carbons (Fsp3) is 0.150. The lowest BCUT2D eigenvalue weighted by atomic mass is 9.94. The van der Waals surface area contributed by atoms with E-state index in [-0.39, 0.29) is 17.7 Å². The van der Waals surface area contributed by atoms with Crippen LogP contribution in [-0.2, 0) is 0 Å². The molecule has 0 unspecified atom stereocenters. The molecule has 0 spiro atoms. The molecule has 0 saturated heterocycles. The van der Waals surface area contributed by atoms with E-state index in [2.05, 4.69) is 0 Å². The maximum Gasteiger partial charge on any atom is 0.340 e. The Morgan fingerprint density at radius 2 is 1.68 bits per heavy atom. The molecule has 5 heteroatoms. The number of hydrogen-bond donors (Lipinski definition) is 3. The third-order valence-electron chi connectivity index (χ3n) is 4.03. The maximum atomic E-state index is 12.0. The van der Waals surface area contributed by atoms with Gasteiger partial charge in [0, 0.05) is 17.4 Å². The van der Waals surface area contributed by atoms with E-state index in [9.17, 15) is 20.1 Å². The number of benzene rings is 3. The van der Waals surface area contributed by atoms with Crippen molar-refractivity contribution in [2.75, 3.05) is 0 Å². The first-order valence-electron chi connectivity index (χ1n) is 7.91. The minimum absolute atomic E-state index is 0.0590. The average Bonchev–Trinajstić information content (AvgIpc) is 2.61. The lowest BCUT2D eigenvalue weighted by molar-refractivity contribution is -0.292. The molecule has 3 rings (SSSR count). The molecule has 5 nitrogen and oxygen atoms in total. The van der Waals surface area contributed by atoms with E-state index in [0.29, 0.717) is 16.5 Å². The standard InChI is InChI=1S/C20H18O5/c1-2-20(23,24)25-18-15-11-7-6-10-14(15)12-16(17(18)19(21)22)13-8-4-3-5-9-13/h3-12,23-24H,2H2,1H3,(H,21,22). The summed E-state index contributed by atoms with van der Waals surface area (Å²) in [5.41, 5.74) is 1.05. The summed E-state index contributed by atoms with van der Waals surface area (Å²) in [6.07, 6.45) is -0.115. The second-order valence-corrected chi connectivity index (χ2v) is 5.72. The molecule has 0 saturated carbocycles. The summed E-state index contributed by atoms with van der Waals surface area (Å²) in [5, 5.41) is 30.9. The summed E-state index contributed by atoms with van der Waals surface area (Å²) < 4.78 is 5.35. The number of hydrogen-bond acceptors (Lipinski definition) is 4. The van der Waals surface area contributed by atoms with Crippen molar-refractivity contribution in [1.82, 2.24) is 0 Å². The number of ether oxygens (including phenoxy) is 1. The van der Waals surface area contributed by atoms with E-state index in [1.807, 2.05) is 30.3 Å². The van der Waals surface area contributed by atoms with Crippen molar-refractivity contribution in [2.24, 2.45) is 0 Å². The number of carboxylic acid groups (broad SMARTS) is 1. The van der Waals surface area contributed by atoms with Crippen LogP contribution in [0.15, 0.2) is 60.7 Å². The number of fused-ring (bicyclic) bond motifs is 1. The fourth-order valence-corrected chi connectivity index (χ4v) is 2.71. The first-order chi connectivity index (χ1) is 11.9. The average molecular weight is 338 g/mol. The monoisotopic (exact) mass is 338 g/mol. The minimum Gasteiger partial charge on any atom is -0.478 e. The van der Waals surface area contributed by atoms with Gasteiger partial charge < -0.3 is 20.1 Å². The van der Waals surface area contributed by atoms with E-state index < -0.39 is 11.9 Å². The molecule has 0 radical (unpaired) electrons. The minimum atomic E-state index is -2.46. The Bertz CT molecular complexity index is 916. The molecular weight excluding hydrogens is 320 g/mol. The third-order valence-corrected chi connectivity index (χ3v) is 4.03. The highest BCUT2D eigenvalue weighted by atomic mass is 16.8. The Kier molecular flexibility index (Phi) is 4.44. The first-order valence-corrected chi connectivity index (χ1v) is 7.91. The van der Waals surface area contributed by atoms with Crippen LogP contribution in [0.2, 0.25) is 0 Å². The summed E-state index contributed by atoms with van der Waals surface area (Å²) in [6, 6.07) is 17.9. The summed E-state index contributed by atoms with van der Waals surface area (Å²) in [6.45, 7) is 1.53. The van der Waals surface area contributed by atoms with Crippen molar-refractivity contribution in [3.63, 3.8) is 0 Å². The van der Waals surface area contributed by atoms with Gasteiger partial charge in [0.25, 0.3) is 0 Å². The van der Waals surface area contributed by atoms with Gasteiger partial charge in [0.2, 0.25) is 0 Å². The first kappa shape index (κ1) is 17.0. The van der Waals surface area contributed by atoms with Gasteiger partial charge in [-0.15, -0.1) is 0 Å². The van der Waals surface area contributed by atoms with Crippen LogP contribution in [0.1, 0.15) is 23.7 Å². The van der Waals surface area contributed by atoms with Gasteiger partial charge in [0.15, 0.2) is 0 Å². The molecule has 0 atom stereocenters. The predicted octanol–water partition coefficient (Wildman–Crippen LogP) is 3.63. The molecular formula is C20H18O5. The highest BCUT2D eigenvalue weighted by molar-refractivity contribution is 6.07. The Balaban J connectivity index is 2.37. The Hall–Kier alpha value is -2.89. The van der Waals surface area contributed by atoms with Crippen LogP contribution >= 0.6 is 0 Å². The summed E-state index contributed by atoms with van der Waals surface area (Å²) in [7, 11) is 0. The van der Waals surface area contributed by atoms with Crippen LogP contribution in [0.4, 0.5) is 0 Å². The van der Waals surface area contributed by atoms with Crippen LogP contribution in [-0.4, -0.2) is 27.3 Å².